The van der Waals surface area contributed by atoms with Gasteiger partial charge < -0.3 is 10.1 Å². The standard InChI is InChI=1S/C24H31N3O2/c1-4-7-10-17-25-21(5-2)23-26-22-12-9-8-11-20(22)24(28)27(23)18-13-15-19(16-14-18)29-6-3/h8-9,11-16,21,25H,4-7,10,17H2,1-3H3/t21-/m0/s1. The highest BCUT2D eigenvalue weighted by molar-refractivity contribution is 5.77. The molecule has 0 spiro atoms. The van der Waals surface area contributed by atoms with Crippen LogP contribution in [0.5, 0.6) is 5.75 Å². The number of para-hydroxylation sites is 1. The molecule has 2 aromatic carbocycles. The maximum atomic E-state index is 13.4. The maximum absolute atomic E-state index is 13.4. The summed E-state index contributed by atoms with van der Waals surface area (Å²) in [6.45, 7) is 7.81. The molecule has 1 N–H and O–H groups in total. The number of benzene rings is 2. The van der Waals surface area contributed by atoms with Gasteiger partial charge in [0.15, 0.2) is 0 Å². The Morgan fingerprint density at radius 1 is 1.03 bits per heavy atom. The Labute approximate surface area is 172 Å². The summed E-state index contributed by atoms with van der Waals surface area (Å²) < 4.78 is 7.31. The molecule has 5 heteroatoms. The van der Waals surface area contributed by atoms with E-state index >= 15 is 0 Å². The number of ether oxygens (including phenoxy) is 1. The first-order chi connectivity index (χ1) is 14.2. The zero-order valence-corrected chi connectivity index (χ0v) is 17.6. The van der Waals surface area contributed by atoms with Crippen LogP contribution in [0.4, 0.5) is 0 Å². The Hall–Kier alpha value is -2.66. The fourth-order valence-electron chi connectivity index (χ4n) is 3.56. The number of unbranched alkanes of at least 4 members (excludes halogenated alkanes) is 2. The van der Waals surface area contributed by atoms with Gasteiger partial charge in [0.2, 0.25) is 0 Å². The molecule has 0 aliphatic rings. The largest absolute Gasteiger partial charge is 0.494 e. The first-order valence-electron chi connectivity index (χ1n) is 10.7. The Bertz CT molecular complexity index is 980. The predicted molar refractivity (Wildman–Crippen MR) is 119 cm³/mol. The lowest BCUT2D eigenvalue weighted by atomic mass is 10.1. The summed E-state index contributed by atoms with van der Waals surface area (Å²) in [6, 6.07) is 15.2. The molecule has 3 aromatic rings. The third kappa shape index (κ3) is 4.85. The molecule has 1 aromatic heterocycles. The molecule has 0 amide bonds. The fraction of sp³-hybridized carbons (Fsp3) is 0.417. The SMILES string of the molecule is CCCCCN[C@@H](CC)c1nc2ccccc2c(=O)n1-c1ccc(OCC)cc1. The van der Waals surface area contributed by atoms with Gasteiger partial charge in [0.05, 0.1) is 29.2 Å². The minimum Gasteiger partial charge on any atom is -0.494 e. The van der Waals surface area contributed by atoms with Gasteiger partial charge in [0.25, 0.3) is 5.56 Å². The van der Waals surface area contributed by atoms with Crippen LogP contribution in [-0.2, 0) is 0 Å². The highest BCUT2D eigenvalue weighted by Gasteiger charge is 2.19. The fourth-order valence-corrected chi connectivity index (χ4v) is 3.56. The lowest BCUT2D eigenvalue weighted by molar-refractivity contribution is 0.340. The summed E-state index contributed by atoms with van der Waals surface area (Å²) >= 11 is 0. The second-order valence-electron chi connectivity index (χ2n) is 7.18. The number of aromatic nitrogens is 2. The number of nitrogens with zero attached hydrogens (tertiary/aromatic N) is 2. The van der Waals surface area contributed by atoms with Crippen LogP contribution in [0.3, 0.4) is 0 Å². The van der Waals surface area contributed by atoms with Crippen LogP contribution < -0.4 is 15.6 Å². The van der Waals surface area contributed by atoms with Crippen molar-refractivity contribution in [3.05, 3.63) is 64.7 Å². The van der Waals surface area contributed by atoms with Crippen LogP contribution >= 0.6 is 0 Å². The average Bonchev–Trinajstić information content (AvgIpc) is 2.75. The second kappa shape index (κ2) is 10.2. The normalized spacial score (nSPS) is 12.2. The third-order valence-electron chi connectivity index (χ3n) is 5.10. The van der Waals surface area contributed by atoms with E-state index in [9.17, 15) is 4.79 Å². The molecule has 3 rings (SSSR count). The number of hydrogen-bond acceptors (Lipinski definition) is 4. The van der Waals surface area contributed by atoms with E-state index in [-0.39, 0.29) is 11.6 Å². The minimum absolute atomic E-state index is 0.00994. The minimum atomic E-state index is -0.0384. The first-order valence-corrected chi connectivity index (χ1v) is 10.7. The number of fused-ring (bicyclic) bond motifs is 1. The molecule has 0 aliphatic carbocycles. The quantitative estimate of drug-likeness (QED) is 0.492. The molecular weight excluding hydrogens is 362 g/mol. The lowest BCUT2D eigenvalue weighted by Gasteiger charge is -2.22. The van der Waals surface area contributed by atoms with Crippen molar-refractivity contribution in [2.45, 2.75) is 52.5 Å². The van der Waals surface area contributed by atoms with E-state index in [4.69, 9.17) is 9.72 Å². The smallest absolute Gasteiger partial charge is 0.266 e. The third-order valence-corrected chi connectivity index (χ3v) is 5.10. The van der Waals surface area contributed by atoms with E-state index in [1.807, 2.05) is 55.5 Å². The van der Waals surface area contributed by atoms with E-state index < -0.39 is 0 Å². The molecule has 0 aliphatic heterocycles. The van der Waals surface area contributed by atoms with Crippen LogP contribution in [0.2, 0.25) is 0 Å². The monoisotopic (exact) mass is 393 g/mol. The maximum Gasteiger partial charge on any atom is 0.266 e. The zero-order valence-electron chi connectivity index (χ0n) is 17.6. The van der Waals surface area contributed by atoms with E-state index in [2.05, 4.69) is 19.2 Å². The summed E-state index contributed by atoms with van der Waals surface area (Å²) in [4.78, 5) is 18.3. The Balaban J connectivity index is 2.09. The van der Waals surface area contributed by atoms with Crippen molar-refractivity contribution in [3.8, 4) is 11.4 Å². The summed E-state index contributed by atoms with van der Waals surface area (Å²) in [7, 11) is 0. The summed E-state index contributed by atoms with van der Waals surface area (Å²) in [5.41, 5.74) is 1.51. The van der Waals surface area contributed by atoms with Gasteiger partial charge in [-0.05, 0) is 62.7 Å². The van der Waals surface area contributed by atoms with Crippen LogP contribution in [0.25, 0.3) is 16.6 Å². The topological polar surface area (TPSA) is 56.2 Å². The first kappa shape index (κ1) is 21.1. The van der Waals surface area contributed by atoms with E-state index in [1.165, 1.54) is 12.8 Å². The van der Waals surface area contributed by atoms with Crippen molar-refractivity contribution in [1.29, 1.82) is 0 Å². The Kier molecular flexibility index (Phi) is 7.42. The Morgan fingerprint density at radius 2 is 1.79 bits per heavy atom. The molecule has 1 atom stereocenters. The summed E-state index contributed by atoms with van der Waals surface area (Å²) in [5.74, 6) is 1.56. The van der Waals surface area contributed by atoms with Gasteiger partial charge in [-0.15, -0.1) is 0 Å². The average molecular weight is 394 g/mol. The highest BCUT2D eigenvalue weighted by Crippen LogP contribution is 2.22. The van der Waals surface area contributed by atoms with Gasteiger partial charge >= 0.3 is 0 Å². The molecule has 0 saturated heterocycles. The molecule has 0 radical (unpaired) electrons. The lowest BCUT2D eigenvalue weighted by Crippen LogP contribution is -2.31. The van der Waals surface area contributed by atoms with Crippen LogP contribution in [-0.4, -0.2) is 22.7 Å². The van der Waals surface area contributed by atoms with Crippen molar-refractivity contribution in [2.75, 3.05) is 13.2 Å². The second-order valence-corrected chi connectivity index (χ2v) is 7.18. The van der Waals surface area contributed by atoms with Gasteiger partial charge in [0.1, 0.15) is 11.6 Å². The van der Waals surface area contributed by atoms with Crippen molar-refractivity contribution < 1.29 is 4.74 Å². The van der Waals surface area contributed by atoms with Crippen LogP contribution in [0.15, 0.2) is 53.3 Å². The molecule has 1 heterocycles. The predicted octanol–water partition coefficient (Wildman–Crippen LogP) is 5.02. The van der Waals surface area contributed by atoms with Crippen LogP contribution in [0.1, 0.15) is 58.3 Å². The Morgan fingerprint density at radius 3 is 2.48 bits per heavy atom. The zero-order chi connectivity index (χ0) is 20.6. The molecular formula is C24H31N3O2. The van der Waals surface area contributed by atoms with Crippen molar-refractivity contribution in [2.24, 2.45) is 0 Å². The molecule has 154 valence electrons. The molecule has 0 saturated carbocycles. The van der Waals surface area contributed by atoms with Crippen molar-refractivity contribution >= 4 is 10.9 Å². The van der Waals surface area contributed by atoms with Gasteiger partial charge in [-0.1, -0.05) is 38.8 Å². The van der Waals surface area contributed by atoms with Crippen LogP contribution in [0, 0.1) is 0 Å². The van der Waals surface area contributed by atoms with Crippen molar-refractivity contribution in [1.82, 2.24) is 14.9 Å². The molecule has 5 nitrogen and oxygen atoms in total. The number of rotatable bonds is 10. The molecule has 0 fully saturated rings. The van der Waals surface area contributed by atoms with E-state index in [0.29, 0.717) is 12.0 Å². The van der Waals surface area contributed by atoms with E-state index in [1.54, 1.807) is 4.57 Å². The highest BCUT2D eigenvalue weighted by atomic mass is 16.5. The van der Waals surface area contributed by atoms with Gasteiger partial charge in [-0.3, -0.25) is 9.36 Å². The number of nitrogens with one attached hydrogen (secondary N) is 1. The molecule has 29 heavy (non-hydrogen) atoms. The molecule has 0 bridgehead atoms. The van der Waals surface area contributed by atoms with Gasteiger partial charge in [-0.2, -0.15) is 0 Å². The van der Waals surface area contributed by atoms with Gasteiger partial charge in [0, 0.05) is 0 Å². The summed E-state index contributed by atoms with van der Waals surface area (Å²) in [5, 5.41) is 4.24. The van der Waals surface area contributed by atoms with Crippen molar-refractivity contribution in [3.63, 3.8) is 0 Å². The number of hydrogen-bond donors (Lipinski definition) is 1. The summed E-state index contributed by atoms with van der Waals surface area (Å²) in [6.07, 6.45) is 4.35. The van der Waals surface area contributed by atoms with E-state index in [0.717, 1.165) is 42.2 Å². The molecule has 0 unspecified atom stereocenters. The van der Waals surface area contributed by atoms with Gasteiger partial charge in [-0.25, -0.2) is 4.98 Å².